The van der Waals surface area contributed by atoms with Gasteiger partial charge < -0.3 is 0 Å². The normalized spacial score (nSPS) is 14.3. The molecule has 2 aromatic rings. The molecule has 3 rings (SSSR count). The number of rotatable bonds is 0. The third-order valence-electron chi connectivity index (χ3n) is 2.22. The Morgan fingerprint density at radius 2 is 2.21 bits per heavy atom. The number of hydrogen-bond acceptors (Lipinski definition) is 4. The zero-order valence-corrected chi connectivity index (χ0v) is 8.24. The fourth-order valence-electron chi connectivity index (χ4n) is 1.57. The first kappa shape index (κ1) is 7.99. The van der Waals surface area contributed by atoms with Gasteiger partial charge in [0.1, 0.15) is 0 Å². The lowest BCUT2D eigenvalue weighted by Crippen LogP contribution is -2.02. The zero-order chi connectivity index (χ0) is 9.38. The highest BCUT2D eigenvalue weighted by molar-refractivity contribution is 7.99. The van der Waals surface area contributed by atoms with E-state index in [1.807, 2.05) is 28.6 Å². The third kappa shape index (κ3) is 1.13. The maximum atomic E-state index is 4.05. The number of fused-ring (bicyclic) bond motifs is 3. The smallest absolute Gasteiger partial charge is 0.183 e. The molecule has 0 radical (unpaired) electrons. The van der Waals surface area contributed by atoms with E-state index in [1.165, 1.54) is 4.90 Å². The van der Waals surface area contributed by atoms with Crippen LogP contribution in [0.5, 0.6) is 0 Å². The van der Waals surface area contributed by atoms with Crippen LogP contribution in [0.1, 0.15) is 0 Å². The van der Waals surface area contributed by atoms with E-state index in [0.717, 1.165) is 23.7 Å². The van der Waals surface area contributed by atoms with Gasteiger partial charge in [0.25, 0.3) is 0 Å². The molecule has 0 amide bonds. The van der Waals surface area contributed by atoms with Gasteiger partial charge in [0.2, 0.25) is 0 Å². The molecule has 70 valence electrons. The average Bonchev–Trinajstić information content (AvgIpc) is 2.61. The van der Waals surface area contributed by atoms with Crippen molar-refractivity contribution in [2.75, 3.05) is 5.75 Å². The molecule has 5 heteroatoms. The van der Waals surface area contributed by atoms with Crippen LogP contribution < -0.4 is 0 Å². The Labute approximate surface area is 85.3 Å². The van der Waals surface area contributed by atoms with Gasteiger partial charge in [-0.1, -0.05) is 12.1 Å². The predicted octanol–water partition coefficient (Wildman–Crippen LogP) is 1.45. The number of hydrogen-bond donors (Lipinski definition) is 0. The lowest BCUT2D eigenvalue weighted by atomic mass is 10.2. The van der Waals surface area contributed by atoms with Crippen molar-refractivity contribution in [3.63, 3.8) is 0 Å². The summed E-state index contributed by atoms with van der Waals surface area (Å²) in [5.41, 5.74) is 1.14. The second-order valence-corrected chi connectivity index (χ2v) is 4.21. The first-order valence-electron chi connectivity index (χ1n) is 4.43. The summed E-state index contributed by atoms with van der Waals surface area (Å²) < 4.78 is 1.86. The van der Waals surface area contributed by atoms with Gasteiger partial charge in [-0.3, -0.25) is 0 Å². The van der Waals surface area contributed by atoms with E-state index < -0.39 is 0 Å². The molecule has 1 aliphatic rings. The second-order valence-electron chi connectivity index (χ2n) is 3.07. The third-order valence-corrected chi connectivity index (χ3v) is 3.27. The lowest BCUT2D eigenvalue weighted by Gasteiger charge is -2.01. The summed E-state index contributed by atoms with van der Waals surface area (Å²) in [7, 11) is 0. The van der Waals surface area contributed by atoms with Crippen LogP contribution in [0.15, 0.2) is 29.2 Å². The molecule has 2 heterocycles. The van der Waals surface area contributed by atoms with Crippen LogP contribution in [-0.4, -0.2) is 26.0 Å². The van der Waals surface area contributed by atoms with E-state index in [9.17, 15) is 0 Å². The summed E-state index contributed by atoms with van der Waals surface area (Å²) in [6.07, 6.45) is 0. The fourth-order valence-corrected chi connectivity index (χ4v) is 2.54. The first-order chi connectivity index (χ1) is 6.95. The van der Waals surface area contributed by atoms with Crippen molar-refractivity contribution >= 4 is 11.8 Å². The highest BCUT2D eigenvalue weighted by Gasteiger charge is 2.16. The molecule has 0 atom stereocenters. The Morgan fingerprint density at radius 3 is 3.21 bits per heavy atom. The lowest BCUT2D eigenvalue weighted by molar-refractivity contribution is 0.638. The molecule has 0 saturated heterocycles. The van der Waals surface area contributed by atoms with Gasteiger partial charge >= 0.3 is 0 Å². The van der Waals surface area contributed by atoms with Crippen LogP contribution >= 0.6 is 11.8 Å². The maximum Gasteiger partial charge on any atom is 0.183 e. The highest BCUT2D eigenvalue weighted by Crippen LogP contribution is 2.32. The zero-order valence-electron chi connectivity index (χ0n) is 7.42. The first-order valence-corrected chi connectivity index (χ1v) is 5.42. The van der Waals surface area contributed by atoms with E-state index >= 15 is 0 Å². The summed E-state index contributed by atoms with van der Waals surface area (Å²) in [5.74, 6) is 1.90. The van der Waals surface area contributed by atoms with E-state index in [1.54, 1.807) is 0 Å². The Balaban J connectivity index is 2.27. The molecular formula is C9H8N4S. The molecular weight excluding hydrogens is 196 g/mol. The van der Waals surface area contributed by atoms with Crippen LogP contribution in [0.4, 0.5) is 0 Å². The van der Waals surface area contributed by atoms with Gasteiger partial charge in [-0.05, 0) is 22.6 Å². The SMILES string of the molecule is c1ccc2c(c1)SCCn1nnnc1-2. The Hall–Kier alpha value is -1.36. The molecule has 0 saturated carbocycles. The number of thioether (sulfide) groups is 1. The van der Waals surface area contributed by atoms with Gasteiger partial charge in [-0.2, -0.15) is 0 Å². The predicted molar refractivity (Wildman–Crippen MR) is 54.0 cm³/mol. The Kier molecular flexibility index (Phi) is 1.77. The summed E-state index contributed by atoms with van der Waals surface area (Å²) in [6.45, 7) is 0.877. The molecule has 0 spiro atoms. The summed E-state index contributed by atoms with van der Waals surface area (Å²) in [4.78, 5) is 1.26. The van der Waals surface area contributed by atoms with Crippen LogP contribution in [0.3, 0.4) is 0 Å². The van der Waals surface area contributed by atoms with Crippen LogP contribution in [0, 0.1) is 0 Å². The van der Waals surface area contributed by atoms with Crippen molar-refractivity contribution in [2.24, 2.45) is 0 Å². The molecule has 1 aromatic heterocycles. The quantitative estimate of drug-likeness (QED) is 0.651. The number of aryl methyl sites for hydroxylation is 1. The topological polar surface area (TPSA) is 43.6 Å². The van der Waals surface area contributed by atoms with Crippen molar-refractivity contribution in [2.45, 2.75) is 11.4 Å². The van der Waals surface area contributed by atoms with Gasteiger partial charge in [0, 0.05) is 16.2 Å². The molecule has 4 nitrogen and oxygen atoms in total. The molecule has 14 heavy (non-hydrogen) atoms. The molecule has 0 N–H and O–H groups in total. The van der Waals surface area contributed by atoms with Crippen molar-refractivity contribution in [1.29, 1.82) is 0 Å². The Bertz CT molecular complexity index is 465. The minimum atomic E-state index is 0.877. The van der Waals surface area contributed by atoms with Gasteiger partial charge in [-0.25, -0.2) is 4.68 Å². The van der Waals surface area contributed by atoms with Crippen molar-refractivity contribution in [3.05, 3.63) is 24.3 Å². The minimum absolute atomic E-state index is 0.877. The Morgan fingerprint density at radius 1 is 1.29 bits per heavy atom. The van der Waals surface area contributed by atoms with Crippen molar-refractivity contribution < 1.29 is 0 Å². The molecule has 1 aliphatic heterocycles. The van der Waals surface area contributed by atoms with E-state index in [4.69, 9.17) is 0 Å². The van der Waals surface area contributed by atoms with E-state index in [-0.39, 0.29) is 0 Å². The summed E-state index contributed by atoms with van der Waals surface area (Å²) >= 11 is 1.84. The van der Waals surface area contributed by atoms with E-state index in [0.29, 0.717) is 0 Å². The monoisotopic (exact) mass is 204 g/mol. The molecule has 0 aliphatic carbocycles. The van der Waals surface area contributed by atoms with Crippen molar-refractivity contribution in [3.8, 4) is 11.4 Å². The number of nitrogens with zero attached hydrogens (tertiary/aromatic N) is 4. The molecule has 0 unspecified atom stereocenters. The van der Waals surface area contributed by atoms with Crippen LogP contribution in [0.25, 0.3) is 11.4 Å². The molecule has 0 bridgehead atoms. The van der Waals surface area contributed by atoms with Crippen molar-refractivity contribution in [1.82, 2.24) is 20.2 Å². The largest absolute Gasteiger partial charge is 0.225 e. The second kappa shape index (κ2) is 3.09. The van der Waals surface area contributed by atoms with Crippen LogP contribution in [-0.2, 0) is 6.54 Å². The maximum absolute atomic E-state index is 4.05. The number of tetrazole rings is 1. The minimum Gasteiger partial charge on any atom is -0.225 e. The van der Waals surface area contributed by atoms with Gasteiger partial charge in [-0.15, -0.1) is 16.9 Å². The summed E-state index contributed by atoms with van der Waals surface area (Å²) in [5, 5.41) is 11.7. The summed E-state index contributed by atoms with van der Waals surface area (Å²) in [6, 6.07) is 8.25. The van der Waals surface area contributed by atoms with Gasteiger partial charge in [0.05, 0.1) is 6.54 Å². The number of benzene rings is 1. The molecule has 1 aromatic carbocycles. The highest BCUT2D eigenvalue weighted by atomic mass is 32.2. The van der Waals surface area contributed by atoms with Crippen LogP contribution in [0.2, 0.25) is 0 Å². The number of aromatic nitrogens is 4. The van der Waals surface area contributed by atoms with E-state index in [2.05, 4.69) is 27.7 Å². The fraction of sp³-hybridized carbons (Fsp3) is 0.222. The molecule has 0 fully saturated rings. The standard InChI is InChI=1S/C9H8N4S/c1-2-4-8-7(3-1)9-10-11-12-13(9)5-6-14-8/h1-4H,5-6H2. The average molecular weight is 204 g/mol. The van der Waals surface area contributed by atoms with Gasteiger partial charge in [0.15, 0.2) is 5.82 Å².